The molecular weight excluding hydrogens is 180 g/mol. The Bertz CT molecular complexity index is 444. The van der Waals surface area contributed by atoms with Crippen LogP contribution in [0.4, 0.5) is 0 Å². The minimum atomic E-state index is -0.692. The molecule has 1 amide bonds. The fraction of sp³-hybridized carbons (Fsp3) is 0.100. The van der Waals surface area contributed by atoms with Crippen LogP contribution >= 0.6 is 0 Å². The molecule has 0 saturated heterocycles. The van der Waals surface area contributed by atoms with Gasteiger partial charge in [0.2, 0.25) is 5.91 Å². The van der Waals surface area contributed by atoms with Crippen molar-refractivity contribution in [3.05, 3.63) is 34.4 Å². The summed E-state index contributed by atoms with van der Waals surface area (Å²) < 4.78 is 0. The summed E-state index contributed by atoms with van der Waals surface area (Å²) in [6.45, 7) is 1.66. The van der Waals surface area contributed by atoms with E-state index >= 15 is 0 Å². The largest absolute Gasteiger partial charge is 0.366 e. The average Bonchev–Trinajstić information content (AvgIpc) is 2.16. The predicted molar refractivity (Wildman–Crippen MR) is 49.8 cm³/mol. The number of benzene rings is 1. The Hall–Kier alpha value is -2.15. The molecule has 4 nitrogen and oxygen atoms in total. The zero-order valence-electron chi connectivity index (χ0n) is 7.57. The lowest BCUT2D eigenvalue weighted by Gasteiger charge is -2.05. The molecule has 1 aromatic carbocycles. The van der Waals surface area contributed by atoms with Crippen LogP contribution in [0.25, 0.3) is 0 Å². The molecule has 0 spiro atoms. The normalized spacial score (nSPS) is 9.14. The van der Waals surface area contributed by atoms with Gasteiger partial charge in [-0.05, 0) is 12.5 Å². The third-order valence-electron chi connectivity index (χ3n) is 1.93. The molecule has 70 valence electrons. The first kappa shape index (κ1) is 9.93. The van der Waals surface area contributed by atoms with Gasteiger partial charge in [0.15, 0.2) is 6.29 Å². The Morgan fingerprint density at radius 2 is 2.21 bits per heavy atom. The van der Waals surface area contributed by atoms with Gasteiger partial charge in [0, 0.05) is 5.56 Å². The summed E-state index contributed by atoms with van der Waals surface area (Å²) >= 11 is 0. The van der Waals surface area contributed by atoms with E-state index in [1.54, 1.807) is 19.1 Å². The summed E-state index contributed by atoms with van der Waals surface area (Å²) in [4.78, 5) is 21.6. The van der Waals surface area contributed by atoms with Gasteiger partial charge in [-0.3, -0.25) is 9.59 Å². The number of aryl methyl sites for hydroxylation is 1. The number of amides is 1. The highest BCUT2D eigenvalue weighted by atomic mass is 16.1. The Morgan fingerprint density at radius 3 is 2.64 bits per heavy atom. The highest BCUT2D eigenvalue weighted by Crippen LogP contribution is 2.16. The van der Waals surface area contributed by atoms with Gasteiger partial charge in [0.05, 0.1) is 11.1 Å². The topological polar surface area (TPSA) is 83.9 Å². The van der Waals surface area contributed by atoms with Crippen molar-refractivity contribution in [3.8, 4) is 6.07 Å². The molecule has 2 N–H and O–H groups in total. The van der Waals surface area contributed by atoms with E-state index in [-0.39, 0.29) is 16.7 Å². The molecule has 1 rings (SSSR count). The number of nitriles is 1. The van der Waals surface area contributed by atoms with Gasteiger partial charge in [-0.25, -0.2) is 0 Å². The quantitative estimate of drug-likeness (QED) is 0.696. The lowest BCUT2D eigenvalue weighted by Crippen LogP contribution is -2.15. The zero-order valence-corrected chi connectivity index (χ0v) is 7.57. The minimum absolute atomic E-state index is 0.0486. The highest BCUT2D eigenvalue weighted by Gasteiger charge is 2.14. The predicted octanol–water partition coefficient (Wildman–Crippen LogP) is 0.778. The van der Waals surface area contributed by atoms with Crippen molar-refractivity contribution >= 4 is 12.2 Å². The van der Waals surface area contributed by atoms with Crippen molar-refractivity contribution in [3.63, 3.8) is 0 Å². The third-order valence-corrected chi connectivity index (χ3v) is 1.93. The van der Waals surface area contributed by atoms with Gasteiger partial charge >= 0.3 is 0 Å². The highest BCUT2D eigenvalue weighted by molar-refractivity contribution is 5.99. The number of rotatable bonds is 2. The summed E-state index contributed by atoms with van der Waals surface area (Å²) in [5.74, 6) is -0.692. The van der Waals surface area contributed by atoms with Gasteiger partial charge in [-0.15, -0.1) is 0 Å². The second-order valence-corrected chi connectivity index (χ2v) is 2.82. The van der Waals surface area contributed by atoms with E-state index in [1.807, 2.05) is 0 Å². The van der Waals surface area contributed by atoms with E-state index in [1.165, 1.54) is 6.07 Å². The zero-order chi connectivity index (χ0) is 10.7. The molecule has 4 heteroatoms. The molecule has 0 aromatic heterocycles. The van der Waals surface area contributed by atoms with Crippen LogP contribution < -0.4 is 5.73 Å². The van der Waals surface area contributed by atoms with Gasteiger partial charge in [0.25, 0.3) is 0 Å². The van der Waals surface area contributed by atoms with Gasteiger partial charge in [-0.1, -0.05) is 12.1 Å². The Labute approximate surface area is 80.9 Å². The maximum atomic E-state index is 11.0. The standard InChI is InChI=1S/C10H8N2O2/c1-6-2-3-7(5-13)8(4-11)9(6)10(12)14/h2-3,5H,1H3,(H2,12,14). The number of nitrogens with two attached hydrogens (primary N) is 1. The Morgan fingerprint density at radius 1 is 1.57 bits per heavy atom. The van der Waals surface area contributed by atoms with E-state index in [0.29, 0.717) is 11.8 Å². The van der Waals surface area contributed by atoms with E-state index in [2.05, 4.69) is 0 Å². The van der Waals surface area contributed by atoms with Crippen LogP contribution in [-0.2, 0) is 0 Å². The van der Waals surface area contributed by atoms with Crippen LogP contribution in [0, 0.1) is 18.3 Å². The molecule has 14 heavy (non-hydrogen) atoms. The molecule has 0 aliphatic heterocycles. The summed E-state index contributed by atoms with van der Waals surface area (Å²) in [6, 6.07) is 4.89. The molecule has 0 radical (unpaired) electrons. The van der Waals surface area contributed by atoms with Crippen molar-refractivity contribution < 1.29 is 9.59 Å². The van der Waals surface area contributed by atoms with Crippen LogP contribution in [0.1, 0.15) is 31.8 Å². The number of primary amides is 1. The van der Waals surface area contributed by atoms with Crippen LogP contribution in [0.5, 0.6) is 0 Å². The Balaban J connectivity index is 3.61. The molecular formula is C10H8N2O2. The van der Waals surface area contributed by atoms with Crippen LogP contribution in [0.2, 0.25) is 0 Å². The fourth-order valence-corrected chi connectivity index (χ4v) is 1.26. The van der Waals surface area contributed by atoms with Crippen LogP contribution in [-0.4, -0.2) is 12.2 Å². The number of nitrogens with zero attached hydrogens (tertiary/aromatic N) is 1. The maximum Gasteiger partial charge on any atom is 0.250 e. The summed E-state index contributed by atoms with van der Waals surface area (Å²) in [5, 5.41) is 8.79. The average molecular weight is 188 g/mol. The van der Waals surface area contributed by atoms with Crippen LogP contribution in [0.3, 0.4) is 0 Å². The molecule has 0 unspecified atom stereocenters. The summed E-state index contributed by atoms with van der Waals surface area (Å²) in [6.07, 6.45) is 0.532. The van der Waals surface area contributed by atoms with Gasteiger partial charge in [-0.2, -0.15) is 5.26 Å². The second kappa shape index (κ2) is 3.71. The van der Waals surface area contributed by atoms with E-state index in [4.69, 9.17) is 11.0 Å². The first-order chi connectivity index (χ1) is 6.61. The number of carbonyl (C=O) groups is 2. The molecule has 0 aliphatic carbocycles. The maximum absolute atomic E-state index is 11.0. The van der Waals surface area contributed by atoms with E-state index < -0.39 is 5.91 Å². The van der Waals surface area contributed by atoms with Crippen molar-refractivity contribution in [1.29, 1.82) is 5.26 Å². The van der Waals surface area contributed by atoms with Crippen molar-refractivity contribution in [2.45, 2.75) is 6.92 Å². The fourth-order valence-electron chi connectivity index (χ4n) is 1.26. The SMILES string of the molecule is Cc1ccc(C=O)c(C#N)c1C(N)=O. The molecule has 0 aliphatic rings. The smallest absolute Gasteiger partial charge is 0.250 e. The number of carbonyl (C=O) groups excluding carboxylic acids is 2. The van der Waals surface area contributed by atoms with E-state index in [0.717, 1.165) is 0 Å². The molecule has 0 saturated carbocycles. The monoisotopic (exact) mass is 188 g/mol. The lowest BCUT2D eigenvalue weighted by molar-refractivity contribution is 0.0999. The minimum Gasteiger partial charge on any atom is -0.366 e. The van der Waals surface area contributed by atoms with Crippen LogP contribution in [0.15, 0.2) is 12.1 Å². The number of hydrogen-bond acceptors (Lipinski definition) is 3. The Kier molecular flexibility index (Phi) is 2.63. The first-order valence-corrected chi connectivity index (χ1v) is 3.90. The first-order valence-electron chi connectivity index (χ1n) is 3.90. The van der Waals surface area contributed by atoms with Gasteiger partial charge < -0.3 is 5.73 Å². The number of aldehydes is 1. The summed E-state index contributed by atoms with van der Waals surface area (Å²) in [5.41, 5.74) is 6.06. The van der Waals surface area contributed by atoms with E-state index in [9.17, 15) is 9.59 Å². The van der Waals surface area contributed by atoms with Crippen molar-refractivity contribution in [1.82, 2.24) is 0 Å². The molecule has 0 heterocycles. The molecule has 1 aromatic rings. The second-order valence-electron chi connectivity index (χ2n) is 2.82. The van der Waals surface area contributed by atoms with Crippen molar-refractivity contribution in [2.75, 3.05) is 0 Å². The molecule has 0 fully saturated rings. The van der Waals surface area contributed by atoms with Crippen molar-refractivity contribution in [2.24, 2.45) is 5.73 Å². The molecule has 0 atom stereocenters. The third kappa shape index (κ3) is 1.48. The lowest BCUT2D eigenvalue weighted by atomic mass is 9.97. The van der Waals surface area contributed by atoms with Gasteiger partial charge in [0.1, 0.15) is 6.07 Å². The summed E-state index contributed by atoms with van der Waals surface area (Å²) in [7, 11) is 0. The number of hydrogen-bond donors (Lipinski definition) is 1. The molecule has 0 bridgehead atoms.